The van der Waals surface area contributed by atoms with E-state index in [1.165, 1.54) is 22.3 Å². The van der Waals surface area contributed by atoms with Gasteiger partial charge in [0.15, 0.2) is 0 Å². The van der Waals surface area contributed by atoms with Gasteiger partial charge in [-0.05, 0) is 48.9 Å². The first-order chi connectivity index (χ1) is 6.72. The van der Waals surface area contributed by atoms with Gasteiger partial charge in [-0.25, -0.2) is 0 Å². The van der Waals surface area contributed by atoms with Crippen LogP contribution in [0, 0.1) is 6.92 Å². The third-order valence-electron chi connectivity index (χ3n) is 2.71. The van der Waals surface area contributed by atoms with Crippen molar-refractivity contribution in [1.82, 2.24) is 0 Å². The molecule has 0 bridgehead atoms. The van der Waals surface area contributed by atoms with Gasteiger partial charge < -0.3 is 0 Å². The molecule has 0 unspecified atom stereocenters. The van der Waals surface area contributed by atoms with Crippen molar-refractivity contribution in [2.45, 2.75) is 40.5 Å². The highest BCUT2D eigenvalue weighted by Crippen LogP contribution is 2.19. The lowest BCUT2D eigenvalue weighted by Crippen LogP contribution is -1.93. The fourth-order valence-electron chi connectivity index (χ4n) is 1.85. The molecule has 0 nitrogen and oxygen atoms in total. The first-order valence-corrected chi connectivity index (χ1v) is 5.48. The van der Waals surface area contributed by atoms with Gasteiger partial charge in [-0.2, -0.15) is 0 Å². The predicted molar refractivity (Wildman–Crippen MR) is 64.6 cm³/mol. The van der Waals surface area contributed by atoms with E-state index in [2.05, 4.69) is 52.0 Å². The fraction of sp³-hybridized carbons (Fsp3) is 0.429. The quantitative estimate of drug-likeness (QED) is 0.668. The Morgan fingerprint density at radius 3 is 2.21 bits per heavy atom. The highest BCUT2D eigenvalue weighted by atomic mass is 14.1. The third-order valence-corrected chi connectivity index (χ3v) is 2.71. The number of aryl methyl sites for hydroxylation is 3. The summed E-state index contributed by atoms with van der Waals surface area (Å²) in [6, 6.07) is 4.66. The molecule has 0 spiro atoms. The maximum Gasteiger partial charge on any atom is -0.0225 e. The Labute approximate surface area is 87.7 Å². The first-order valence-electron chi connectivity index (χ1n) is 5.48. The van der Waals surface area contributed by atoms with Crippen LogP contribution < -0.4 is 0 Å². The third kappa shape index (κ3) is 2.25. The molecule has 0 atom stereocenters. The molecule has 14 heavy (non-hydrogen) atoms. The van der Waals surface area contributed by atoms with Crippen LogP contribution in [-0.2, 0) is 12.8 Å². The SMILES string of the molecule is CC=Cc1cc(CC)c(C)cc1CC. The molecular formula is C14H20. The lowest BCUT2D eigenvalue weighted by Gasteiger charge is -2.09. The van der Waals surface area contributed by atoms with Crippen LogP contribution in [0.2, 0.25) is 0 Å². The monoisotopic (exact) mass is 188 g/mol. The van der Waals surface area contributed by atoms with Gasteiger partial charge in [0, 0.05) is 0 Å². The molecule has 0 amide bonds. The fourth-order valence-corrected chi connectivity index (χ4v) is 1.85. The molecule has 76 valence electrons. The van der Waals surface area contributed by atoms with Crippen molar-refractivity contribution in [1.29, 1.82) is 0 Å². The summed E-state index contributed by atoms with van der Waals surface area (Å²) in [4.78, 5) is 0. The van der Waals surface area contributed by atoms with Gasteiger partial charge in [0.2, 0.25) is 0 Å². The lowest BCUT2D eigenvalue weighted by molar-refractivity contribution is 1.07. The molecule has 0 heterocycles. The van der Waals surface area contributed by atoms with E-state index in [-0.39, 0.29) is 0 Å². The minimum Gasteiger partial charge on any atom is -0.0871 e. The van der Waals surface area contributed by atoms with Gasteiger partial charge in [-0.3, -0.25) is 0 Å². The van der Waals surface area contributed by atoms with Crippen molar-refractivity contribution in [3.8, 4) is 0 Å². The van der Waals surface area contributed by atoms with E-state index in [1.54, 1.807) is 0 Å². The summed E-state index contributed by atoms with van der Waals surface area (Å²) in [5, 5.41) is 0. The summed E-state index contributed by atoms with van der Waals surface area (Å²) >= 11 is 0. The van der Waals surface area contributed by atoms with Gasteiger partial charge in [0.1, 0.15) is 0 Å². The number of rotatable bonds is 3. The van der Waals surface area contributed by atoms with Gasteiger partial charge in [-0.1, -0.05) is 38.1 Å². The topological polar surface area (TPSA) is 0 Å². The largest absolute Gasteiger partial charge is 0.0871 e. The van der Waals surface area contributed by atoms with Crippen molar-refractivity contribution in [2.75, 3.05) is 0 Å². The molecule has 0 saturated carbocycles. The van der Waals surface area contributed by atoms with Gasteiger partial charge in [0.25, 0.3) is 0 Å². The maximum absolute atomic E-state index is 2.33. The molecule has 0 aromatic heterocycles. The van der Waals surface area contributed by atoms with E-state index in [0.29, 0.717) is 0 Å². The van der Waals surface area contributed by atoms with Gasteiger partial charge >= 0.3 is 0 Å². The molecule has 0 heteroatoms. The summed E-state index contributed by atoms with van der Waals surface area (Å²) in [6.45, 7) is 8.71. The molecule has 0 aliphatic heterocycles. The average Bonchev–Trinajstić information content (AvgIpc) is 2.20. The molecule has 1 rings (SSSR count). The number of hydrogen-bond donors (Lipinski definition) is 0. The molecule has 1 aromatic rings. The second-order valence-electron chi connectivity index (χ2n) is 3.68. The second-order valence-corrected chi connectivity index (χ2v) is 3.68. The van der Waals surface area contributed by atoms with Crippen molar-refractivity contribution in [2.24, 2.45) is 0 Å². The molecule has 0 fully saturated rings. The summed E-state index contributed by atoms with van der Waals surface area (Å²) in [5.41, 5.74) is 5.74. The minimum absolute atomic E-state index is 1.12. The highest BCUT2D eigenvalue weighted by molar-refractivity contribution is 5.56. The Kier molecular flexibility index (Phi) is 3.94. The zero-order valence-electron chi connectivity index (χ0n) is 9.72. The molecule has 0 saturated heterocycles. The molecule has 0 N–H and O–H groups in total. The maximum atomic E-state index is 2.33. The smallest absolute Gasteiger partial charge is 0.0225 e. The first kappa shape index (κ1) is 11.0. The highest BCUT2D eigenvalue weighted by Gasteiger charge is 2.02. The van der Waals surface area contributed by atoms with E-state index >= 15 is 0 Å². The normalized spacial score (nSPS) is 11.1. The van der Waals surface area contributed by atoms with E-state index in [0.717, 1.165) is 12.8 Å². The van der Waals surface area contributed by atoms with Crippen LogP contribution in [-0.4, -0.2) is 0 Å². The van der Waals surface area contributed by atoms with Gasteiger partial charge in [-0.15, -0.1) is 0 Å². The van der Waals surface area contributed by atoms with Crippen molar-refractivity contribution < 1.29 is 0 Å². The van der Waals surface area contributed by atoms with Crippen molar-refractivity contribution in [3.63, 3.8) is 0 Å². The Morgan fingerprint density at radius 2 is 1.71 bits per heavy atom. The van der Waals surface area contributed by atoms with E-state index < -0.39 is 0 Å². The van der Waals surface area contributed by atoms with E-state index in [4.69, 9.17) is 0 Å². The van der Waals surface area contributed by atoms with Crippen LogP contribution in [0.25, 0.3) is 6.08 Å². The van der Waals surface area contributed by atoms with Gasteiger partial charge in [0.05, 0.1) is 0 Å². The summed E-state index contributed by atoms with van der Waals surface area (Å²) < 4.78 is 0. The molecule has 0 aliphatic rings. The molecular weight excluding hydrogens is 168 g/mol. The number of benzene rings is 1. The lowest BCUT2D eigenvalue weighted by atomic mass is 9.96. The Hall–Kier alpha value is -1.04. The Morgan fingerprint density at radius 1 is 1.07 bits per heavy atom. The van der Waals surface area contributed by atoms with Crippen LogP contribution in [0.4, 0.5) is 0 Å². The Bertz CT molecular complexity index is 332. The van der Waals surface area contributed by atoms with Crippen LogP contribution in [0.5, 0.6) is 0 Å². The van der Waals surface area contributed by atoms with Crippen LogP contribution >= 0.6 is 0 Å². The standard InChI is InChI=1S/C14H20/c1-5-8-14-10-12(6-2)11(4)9-13(14)7-3/h5,8-10H,6-7H2,1-4H3. The second kappa shape index (κ2) is 4.99. The summed E-state index contributed by atoms with van der Waals surface area (Å²) in [7, 11) is 0. The van der Waals surface area contributed by atoms with Crippen molar-refractivity contribution in [3.05, 3.63) is 40.5 Å². The minimum atomic E-state index is 1.12. The molecule has 0 radical (unpaired) electrons. The zero-order valence-corrected chi connectivity index (χ0v) is 9.72. The van der Waals surface area contributed by atoms with Crippen LogP contribution in [0.3, 0.4) is 0 Å². The van der Waals surface area contributed by atoms with E-state index in [9.17, 15) is 0 Å². The van der Waals surface area contributed by atoms with E-state index in [1.807, 2.05) is 0 Å². The van der Waals surface area contributed by atoms with Crippen LogP contribution in [0.1, 0.15) is 43.0 Å². The molecule has 1 aromatic carbocycles. The average molecular weight is 188 g/mol. The molecule has 0 aliphatic carbocycles. The summed E-state index contributed by atoms with van der Waals surface area (Å²) in [6.07, 6.45) is 6.56. The predicted octanol–water partition coefficient (Wildman–Crippen LogP) is 4.15. The zero-order chi connectivity index (χ0) is 10.6. The van der Waals surface area contributed by atoms with Crippen molar-refractivity contribution >= 4 is 6.08 Å². The number of allylic oxidation sites excluding steroid dienone is 1. The summed E-state index contributed by atoms with van der Waals surface area (Å²) in [5.74, 6) is 0. The Balaban J connectivity index is 3.24. The van der Waals surface area contributed by atoms with Crippen LogP contribution in [0.15, 0.2) is 18.2 Å². The number of hydrogen-bond acceptors (Lipinski definition) is 0.